The Morgan fingerprint density at radius 1 is 0.719 bits per heavy atom. The van der Waals surface area contributed by atoms with Gasteiger partial charge in [-0.3, -0.25) is 0 Å². The zero-order chi connectivity index (χ0) is 23.6. The number of hydrogen-bond donors (Lipinski definition) is 1. The second-order valence-corrected chi connectivity index (χ2v) is 15.9. The van der Waals surface area contributed by atoms with E-state index in [0.29, 0.717) is 38.4 Å². The van der Waals surface area contributed by atoms with Crippen LogP contribution >= 0.6 is 0 Å². The molecule has 0 bridgehead atoms. The molecule has 32 heavy (non-hydrogen) atoms. The summed E-state index contributed by atoms with van der Waals surface area (Å²) in [4.78, 5) is 0. The first-order valence-electron chi connectivity index (χ1n) is 14.0. The fraction of sp³-hybridized carbons (Fsp3) is 0.935. The summed E-state index contributed by atoms with van der Waals surface area (Å²) in [6.07, 6.45) is 15.7. The van der Waals surface area contributed by atoms with Crippen LogP contribution in [0.2, 0.25) is 0 Å². The zero-order valence-corrected chi connectivity index (χ0v) is 22.8. The second kappa shape index (κ2) is 6.47. The van der Waals surface area contributed by atoms with Crippen molar-refractivity contribution in [2.75, 3.05) is 0 Å². The first-order valence-corrected chi connectivity index (χ1v) is 14.0. The van der Waals surface area contributed by atoms with Crippen molar-refractivity contribution in [3.63, 3.8) is 0 Å². The summed E-state index contributed by atoms with van der Waals surface area (Å²) in [6.45, 7) is 23.1. The van der Waals surface area contributed by atoms with Crippen LogP contribution in [-0.4, -0.2) is 11.2 Å². The van der Waals surface area contributed by atoms with Crippen molar-refractivity contribution in [2.24, 2.45) is 49.7 Å². The Hall–Kier alpha value is -0.300. The highest BCUT2D eigenvalue weighted by Crippen LogP contribution is 2.78. The van der Waals surface area contributed by atoms with Crippen LogP contribution in [0.25, 0.3) is 0 Å². The SMILES string of the molecule is CC1(C)CC[C@]2(C)CC[C@]3(C)C(=CC[C@H]4[C@@]5(C)CC[C@H](O)C(C)(C)[C@H]5CC[C@]43C)[C@@]2(C)C1. The minimum Gasteiger partial charge on any atom is -0.393 e. The minimum atomic E-state index is -0.131. The van der Waals surface area contributed by atoms with Gasteiger partial charge in [-0.1, -0.05) is 74.0 Å². The minimum absolute atomic E-state index is 0.0454. The van der Waals surface area contributed by atoms with Gasteiger partial charge in [-0.05, 0) is 114 Å². The average molecular weight is 441 g/mol. The van der Waals surface area contributed by atoms with E-state index in [-0.39, 0.29) is 11.5 Å². The van der Waals surface area contributed by atoms with Gasteiger partial charge >= 0.3 is 0 Å². The molecule has 1 N–H and O–H groups in total. The third-order valence-corrected chi connectivity index (χ3v) is 13.7. The smallest absolute Gasteiger partial charge is 0.0594 e. The summed E-state index contributed by atoms with van der Waals surface area (Å²) >= 11 is 0. The van der Waals surface area contributed by atoms with Gasteiger partial charge < -0.3 is 5.11 Å². The van der Waals surface area contributed by atoms with E-state index in [9.17, 15) is 5.11 Å². The van der Waals surface area contributed by atoms with Crippen molar-refractivity contribution >= 4 is 0 Å². The molecule has 4 fully saturated rings. The highest BCUT2D eigenvalue weighted by Gasteiger charge is 2.69. The molecule has 0 saturated heterocycles. The molecule has 0 radical (unpaired) electrons. The Labute approximate surface area is 199 Å². The Morgan fingerprint density at radius 2 is 1.38 bits per heavy atom. The van der Waals surface area contributed by atoms with Crippen LogP contribution in [0.1, 0.15) is 127 Å². The standard InChI is InChI=1S/C31H52O/c1-25(2)16-17-27(5)18-19-30(8)23(31(27,9)20-25)11-10-22-28(6)14-13-24(32)26(3,4)21(28)12-15-29(22,30)7/h11,21-22,24,32H,10,12-20H2,1-9H3/t21-,22+,24+,27-,28+,29-,30-,31-/m1/s1. The van der Waals surface area contributed by atoms with Gasteiger partial charge in [0, 0.05) is 0 Å². The van der Waals surface area contributed by atoms with Crippen LogP contribution in [0, 0.1) is 49.7 Å². The van der Waals surface area contributed by atoms with Gasteiger partial charge in [-0.15, -0.1) is 0 Å². The molecular weight excluding hydrogens is 388 g/mol. The van der Waals surface area contributed by atoms with Crippen molar-refractivity contribution in [2.45, 2.75) is 133 Å². The Bertz CT molecular complexity index is 835. The fourth-order valence-corrected chi connectivity index (χ4v) is 11.2. The summed E-state index contributed by atoms with van der Waals surface area (Å²) in [5.41, 5.74) is 4.24. The van der Waals surface area contributed by atoms with Gasteiger partial charge in [0.2, 0.25) is 0 Å². The summed E-state index contributed by atoms with van der Waals surface area (Å²) in [5, 5.41) is 10.9. The topological polar surface area (TPSA) is 20.2 Å². The molecule has 0 heterocycles. The predicted molar refractivity (Wildman–Crippen MR) is 135 cm³/mol. The van der Waals surface area contributed by atoms with E-state index in [1.807, 2.05) is 5.57 Å². The van der Waals surface area contributed by atoms with Crippen LogP contribution in [-0.2, 0) is 0 Å². The predicted octanol–water partition coefficient (Wildman–Crippen LogP) is 8.56. The lowest BCUT2D eigenvalue weighted by Gasteiger charge is -2.73. The molecule has 0 aromatic rings. The van der Waals surface area contributed by atoms with E-state index >= 15 is 0 Å². The highest BCUT2D eigenvalue weighted by molar-refractivity contribution is 5.37. The molecule has 0 spiro atoms. The van der Waals surface area contributed by atoms with Crippen LogP contribution in [0.15, 0.2) is 11.6 Å². The van der Waals surface area contributed by atoms with Crippen molar-refractivity contribution in [3.8, 4) is 0 Å². The van der Waals surface area contributed by atoms with Gasteiger partial charge in [0.05, 0.1) is 6.10 Å². The van der Waals surface area contributed by atoms with Crippen molar-refractivity contribution in [3.05, 3.63) is 11.6 Å². The third-order valence-electron chi connectivity index (χ3n) is 13.7. The van der Waals surface area contributed by atoms with E-state index < -0.39 is 0 Å². The molecule has 0 amide bonds. The molecule has 0 aromatic carbocycles. The highest BCUT2D eigenvalue weighted by atomic mass is 16.3. The molecule has 4 saturated carbocycles. The maximum absolute atomic E-state index is 10.9. The van der Waals surface area contributed by atoms with Crippen LogP contribution in [0.5, 0.6) is 0 Å². The molecule has 5 rings (SSSR count). The van der Waals surface area contributed by atoms with Crippen molar-refractivity contribution < 1.29 is 5.11 Å². The van der Waals surface area contributed by atoms with Crippen molar-refractivity contribution in [1.29, 1.82) is 0 Å². The van der Waals surface area contributed by atoms with E-state index in [1.165, 1.54) is 57.8 Å². The molecule has 182 valence electrons. The molecule has 0 aliphatic heterocycles. The summed E-state index contributed by atoms with van der Waals surface area (Å²) in [6, 6.07) is 0. The van der Waals surface area contributed by atoms with Crippen LogP contribution in [0.3, 0.4) is 0 Å². The average Bonchev–Trinajstić information content (AvgIpc) is 2.67. The number of aliphatic hydroxyl groups is 1. The summed E-state index contributed by atoms with van der Waals surface area (Å²) in [5.74, 6) is 1.40. The van der Waals surface area contributed by atoms with E-state index in [1.54, 1.807) is 0 Å². The molecular formula is C31H52O. The second-order valence-electron chi connectivity index (χ2n) is 15.9. The van der Waals surface area contributed by atoms with Crippen molar-refractivity contribution in [1.82, 2.24) is 0 Å². The number of aliphatic hydroxyl groups excluding tert-OH is 1. The Morgan fingerprint density at radius 3 is 2.06 bits per heavy atom. The lowest BCUT2D eigenvalue weighted by Crippen LogP contribution is -2.65. The van der Waals surface area contributed by atoms with Gasteiger partial charge in [-0.2, -0.15) is 0 Å². The van der Waals surface area contributed by atoms with Crippen LogP contribution in [0.4, 0.5) is 0 Å². The van der Waals surface area contributed by atoms with E-state index in [0.717, 1.165) is 12.3 Å². The maximum atomic E-state index is 10.9. The van der Waals surface area contributed by atoms with E-state index in [4.69, 9.17) is 0 Å². The molecule has 1 nitrogen and oxygen atoms in total. The van der Waals surface area contributed by atoms with E-state index in [2.05, 4.69) is 68.4 Å². The first kappa shape index (κ1) is 23.4. The fourth-order valence-electron chi connectivity index (χ4n) is 11.2. The van der Waals surface area contributed by atoms with Gasteiger partial charge in [0.25, 0.3) is 0 Å². The molecule has 8 atom stereocenters. The first-order chi connectivity index (χ1) is 14.6. The number of hydrogen-bond acceptors (Lipinski definition) is 1. The summed E-state index contributed by atoms with van der Waals surface area (Å²) in [7, 11) is 0. The maximum Gasteiger partial charge on any atom is 0.0594 e. The lowest BCUT2D eigenvalue weighted by atomic mass is 9.31. The molecule has 1 heteroatoms. The quantitative estimate of drug-likeness (QED) is 0.374. The lowest BCUT2D eigenvalue weighted by molar-refractivity contribution is -0.208. The molecule has 0 unspecified atom stereocenters. The Balaban J connectivity index is 1.61. The zero-order valence-electron chi connectivity index (χ0n) is 22.8. The number of allylic oxidation sites excluding steroid dienone is 2. The normalized spacial score (nSPS) is 56.2. The van der Waals surface area contributed by atoms with Crippen LogP contribution < -0.4 is 0 Å². The number of fused-ring (bicyclic) bond motifs is 7. The van der Waals surface area contributed by atoms with Gasteiger partial charge in [-0.25, -0.2) is 0 Å². The Kier molecular flexibility index (Phi) is 4.74. The number of rotatable bonds is 0. The molecule has 5 aliphatic carbocycles. The molecule has 5 aliphatic rings. The summed E-state index contributed by atoms with van der Waals surface area (Å²) < 4.78 is 0. The van der Waals surface area contributed by atoms with Gasteiger partial charge in [0.15, 0.2) is 0 Å². The monoisotopic (exact) mass is 440 g/mol. The molecule has 0 aromatic heterocycles. The van der Waals surface area contributed by atoms with Gasteiger partial charge in [0.1, 0.15) is 0 Å². The third kappa shape index (κ3) is 2.62. The largest absolute Gasteiger partial charge is 0.393 e.